The first-order chi connectivity index (χ1) is 6.96. The third-order valence-corrected chi connectivity index (χ3v) is 1.50. The van der Waals surface area contributed by atoms with Crippen molar-refractivity contribution in [3.05, 3.63) is 34.0 Å². The number of hydrogen-bond acceptors (Lipinski definition) is 3. The molecular formula is C8H5F3N2O2. The molecule has 0 saturated carbocycles. The van der Waals surface area contributed by atoms with Gasteiger partial charge >= 0.3 is 6.18 Å². The number of allylic oxidation sites excluding steroid dienone is 1. The molecule has 0 radical (unpaired) electrons. The molecule has 1 rings (SSSR count). The fourth-order valence-electron chi connectivity index (χ4n) is 0.926. The number of halogens is 3. The Morgan fingerprint density at radius 1 is 1.40 bits per heavy atom. The number of rotatable bonds is 2. The largest absolute Gasteiger partial charge is 0.434 e. The number of aldehydes is 1. The van der Waals surface area contributed by atoms with E-state index in [1.807, 2.05) is 4.98 Å². The van der Waals surface area contributed by atoms with Crippen LogP contribution in [0.3, 0.4) is 0 Å². The predicted octanol–water partition coefficient (Wildman–Crippen LogP) is 1.00. The van der Waals surface area contributed by atoms with Gasteiger partial charge in [0.05, 0.1) is 11.9 Å². The van der Waals surface area contributed by atoms with E-state index in [2.05, 4.69) is 4.98 Å². The Hall–Kier alpha value is -1.92. The monoisotopic (exact) mass is 218 g/mol. The van der Waals surface area contributed by atoms with Crippen LogP contribution >= 0.6 is 0 Å². The zero-order valence-electron chi connectivity index (χ0n) is 7.21. The van der Waals surface area contributed by atoms with Crippen LogP contribution in [-0.4, -0.2) is 16.3 Å². The van der Waals surface area contributed by atoms with Crippen LogP contribution in [0, 0.1) is 0 Å². The maximum absolute atomic E-state index is 12.3. The van der Waals surface area contributed by atoms with E-state index < -0.39 is 23.0 Å². The molecule has 0 saturated heterocycles. The van der Waals surface area contributed by atoms with Crippen molar-refractivity contribution in [3.63, 3.8) is 0 Å². The van der Waals surface area contributed by atoms with Gasteiger partial charge in [0.25, 0.3) is 5.56 Å². The molecule has 0 spiro atoms. The topological polar surface area (TPSA) is 62.8 Å². The lowest BCUT2D eigenvalue weighted by molar-refractivity contribution is -0.141. The molecule has 15 heavy (non-hydrogen) atoms. The maximum atomic E-state index is 12.3. The third kappa shape index (κ3) is 2.52. The Labute approximate surface area is 81.5 Å². The summed E-state index contributed by atoms with van der Waals surface area (Å²) >= 11 is 0. The second kappa shape index (κ2) is 4.07. The Bertz CT molecular complexity index is 448. The molecule has 1 aromatic heterocycles. The Morgan fingerprint density at radius 2 is 2.07 bits per heavy atom. The average Bonchev–Trinajstić information content (AvgIpc) is 2.14. The van der Waals surface area contributed by atoms with Crippen molar-refractivity contribution in [2.24, 2.45) is 0 Å². The lowest BCUT2D eigenvalue weighted by Crippen LogP contribution is -2.20. The lowest BCUT2D eigenvalue weighted by atomic mass is 10.2. The molecule has 1 N–H and O–H groups in total. The van der Waals surface area contributed by atoms with Crippen LogP contribution in [0.5, 0.6) is 0 Å². The number of H-pyrrole nitrogens is 1. The fraction of sp³-hybridized carbons (Fsp3) is 0.125. The van der Waals surface area contributed by atoms with E-state index in [-0.39, 0.29) is 6.29 Å². The summed E-state index contributed by atoms with van der Waals surface area (Å²) in [7, 11) is 0. The second-order valence-electron chi connectivity index (χ2n) is 2.49. The van der Waals surface area contributed by atoms with Crippen LogP contribution in [0.25, 0.3) is 6.08 Å². The van der Waals surface area contributed by atoms with Crippen molar-refractivity contribution in [2.45, 2.75) is 6.18 Å². The number of alkyl halides is 3. The summed E-state index contributed by atoms with van der Waals surface area (Å²) in [5, 5.41) is 0. The van der Waals surface area contributed by atoms with Gasteiger partial charge in [0.2, 0.25) is 0 Å². The number of hydrogen-bond donors (Lipinski definition) is 1. The molecule has 7 heteroatoms. The molecule has 0 aliphatic carbocycles. The quantitative estimate of drug-likeness (QED) is 0.595. The van der Waals surface area contributed by atoms with E-state index in [4.69, 9.17) is 0 Å². The second-order valence-corrected chi connectivity index (χ2v) is 2.49. The normalized spacial score (nSPS) is 11.9. The number of carbonyl (C=O) groups excluding carboxylic acids is 1. The van der Waals surface area contributed by atoms with Crippen LogP contribution in [0.4, 0.5) is 13.2 Å². The number of carbonyl (C=O) groups is 1. The summed E-state index contributed by atoms with van der Waals surface area (Å²) in [6.07, 6.45) is -2.24. The summed E-state index contributed by atoms with van der Waals surface area (Å²) < 4.78 is 37.0. The smallest absolute Gasteiger partial charge is 0.313 e. The van der Waals surface area contributed by atoms with Crippen molar-refractivity contribution >= 4 is 12.4 Å². The van der Waals surface area contributed by atoms with E-state index in [9.17, 15) is 22.8 Å². The molecule has 0 fully saturated rings. The van der Waals surface area contributed by atoms with Gasteiger partial charge in [-0.1, -0.05) is 0 Å². The third-order valence-electron chi connectivity index (χ3n) is 1.50. The number of aromatic nitrogens is 2. The highest BCUT2D eigenvalue weighted by Gasteiger charge is 2.35. The number of aromatic amines is 1. The molecule has 0 aliphatic heterocycles. The van der Waals surface area contributed by atoms with Crippen LogP contribution in [0.1, 0.15) is 11.3 Å². The highest BCUT2D eigenvalue weighted by molar-refractivity contribution is 5.74. The number of nitrogens with zero attached hydrogens (tertiary/aromatic N) is 1. The van der Waals surface area contributed by atoms with Crippen molar-refractivity contribution in [1.82, 2.24) is 9.97 Å². The van der Waals surface area contributed by atoms with Gasteiger partial charge in [-0.05, 0) is 12.2 Å². The standard InChI is InChI=1S/C8H5F3N2O2/c9-8(10,11)6-5(2-1-3-14)7(15)13-4-12-6/h1-4H,(H,12,13,15). The Morgan fingerprint density at radius 3 is 2.60 bits per heavy atom. The van der Waals surface area contributed by atoms with Crippen molar-refractivity contribution < 1.29 is 18.0 Å². The summed E-state index contributed by atoms with van der Waals surface area (Å²) in [4.78, 5) is 26.0. The van der Waals surface area contributed by atoms with Crippen molar-refractivity contribution in [3.8, 4) is 0 Å². The van der Waals surface area contributed by atoms with Crippen molar-refractivity contribution in [2.75, 3.05) is 0 Å². The van der Waals surface area contributed by atoms with Crippen molar-refractivity contribution in [1.29, 1.82) is 0 Å². The van der Waals surface area contributed by atoms with Gasteiger partial charge < -0.3 is 4.98 Å². The van der Waals surface area contributed by atoms with Crippen LogP contribution in [-0.2, 0) is 11.0 Å². The minimum atomic E-state index is -4.73. The molecule has 1 heterocycles. The van der Waals surface area contributed by atoms with Gasteiger partial charge in [0.1, 0.15) is 6.29 Å². The fourth-order valence-corrected chi connectivity index (χ4v) is 0.926. The van der Waals surface area contributed by atoms with Gasteiger partial charge in [-0.15, -0.1) is 0 Å². The van der Waals surface area contributed by atoms with Gasteiger partial charge in [0, 0.05) is 0 Å². The molecule has 0 aromatic carbocycles. The molecule has 4 nitrogen and oxygen atoms in total. The summed E-state index contributed by atoms with van der Waals surface area (Å²) in [5.41, 5.74) is -2.95. The van der Waals surface area contributed by atoms with Gasteiger partial charge in [-0.2, -0.15) is 13.2 Å². The zero-order valence-corrected chi connectivity index (χ0v) is 7.21. The molecule has 0 unspecified atom stereocenters. The van der Waals surface area contributed by atoms with E-state index >= 15 is 0 Å². The summed E-state index contributed by atoms with van der Waals surface area (Å²) in [6, 6.07) is 0. The van der Waals surface area contributed by atoms with E-state index in [1.54, 1.807) is 0 Å². The molecular weight excluding hydrogens is 213 g/mol. The van der Waals surface area contributed by atoms with Crippen LogP contribution < -0.4 is 5.56 Å². The van der Waals surface area contributed by atoms with Crippen LogP contribution in [0.2, 0.25) is 0 Å². The lowest BCUT2D eigenvalue weighted by Gasteiger charge is -2.06. The first-order valence-corrected chi connectivity index (χ1v) is 3.73. The highest BCUT2D eigenvalue weighted by Crippen LogP contribution is 2.28. The number of nitrogens with one attached hydrogen (secondary N) is 1. The molecule has 1 aromatic rings. The minimum Gasteiger partial charge on any atom is -0.313 e. The predicted molar refractivity (Wildman–Crippen MR) is 45.0 cm³/mol. The zero-order chi connectivity index (χ0) is 11.5. The summed E-state index contributed by atoms with van der Waals surface area (Å²) in [6.45, 7) is 0. The maximum Gasteiger partial charge on any atom is 0.434 e. The SMILES string of the molecule is O=CC=Cc1c(C(F)(F)F)nc[nH]c1=O. The minimum absolute atomic E-state index is 0.270. The van der Waals surface area contributed by atoms with E-state index in [0.717, 1.165) is 12.2 Å². The first kappa shape index (κ1) is 11.2. The molecule has 0 aliphatic rings. The summed E-state index contributed by atoms with van der Waals surface area (Å²) in [5.74, 6) is 0. The first-order valence-electron chi connectivity index (χ1n) is 3.73. The molecule has 0 atom stereocenters. The van der Waals surface area contributed by atoms with E-state index in [1.165, 1.54) is 0 Å². The van der Waals surface area contributed by atoms with E-state index in [0.29, 0.717) is 6.33 Å². The molecule has 0 amide bonds. The highest BCUT2D eigenvalue weighted by atomic mass is 19.4. The van der Waals surface area contributed by atoms with Gasteiger partial charge in [0.15, 0.2) is 5.69 Å². The Balaban J connectivity index is 3.40. The van der Waals surface area contributed by atoms with Crippen LogP contribution in [0.15, 0.2) is 17.2 Å². The molecule has 80 valence electrons. The Kier molecular flexibility index (Phi) is 3.03. The van der Waals surface area contributed by atoms with Gasteiger partial charge in [-0.25, -0.2) is 4.98 Å². The van der Waals surface area contributed by atoms with Gasteiger partial charge in [-0.3, -0.25) is 9.59 Å². The average molecular weight is 218 g/mol. The molecule has 0 bridgehead atoms.